The van der Waals surface area contributed by atoms with Crippen molar-refractivity contribution >= 4 is 34.5 Å². The molecule has 2 heterocycles. The smallest absolute Gasteiger partial charge is 0.253 e. The van der Waals surface area contributed by atoms with Crippen LogP contribution in [-0.2, 0) is 16.0 Å². The third-order valence-corrected chi connectivity index (χ3v) is 5.35. The Morgan fingerprint density at radius 1 is 1.22 bits per heavy atom. The molecule has 0 spiro atoms. The van der Waals surface area contributed by atoms with E-state index in [9.17, 15) is 9.59 Å². The van der Waals surface area contributed by atoms with Gasteiger partial charge in [-0.15, -0.1) is 11.3 Å². The average molecular weight is 388 g/mol. The van der Waals surface area contributed by atoms with E-state index >= 15 is 0 Å². The fourth-order valence-corrected chi connectivity index (χ4v) is 3.87. The van der Waals surface area contributed by atoms with Crippen molar-refractivity contribution in [1.29, 1.82) is 0 Å². The molecule has 0 bridgehead atoms. The summed E-state index contributed by atoms with van der Waals surface area (Å²) < 4.78 is 5.00. The van der Waals surface area contributed by atoms with E-state index in [-0.39, 0.29) is 11.8 Å². The van der Waals surface area contributed by atoms with Gasteiger partial charge in [0, 0.05) is 43.0 Å². The Morgan fingerprint density at radius 3 is 2.74 bits per heavy atom. The van der Waals surface area contributed by atoms with Crippen LogP contribution in [-0.4, -0.2) is 45.2 Å². The number of nitrogens with one attached hydrogen (secondary N) is 2. The van der Waals surface area contributed by atoms with Gasteiger partial charge in [-0.25, -0.2) is 0 Å². The molecular formula is C20H25N3O3S. The number of thiophene rings is 1. The first-order chi connectivity index (χ1) is 13.2. The number of hydrogen-bond donors (Lipinski definition) is 2. The SMILES string of the molecule is COCCNC(=O)c1cc(NC(=O)Cc2cccs2)ccc1N1CCCC1. The standard InChI is InChI=1S/C20H25N3O3S/c1-26-11-8-21-20(25)17-13-15(6-7-18(17)23-9-2-3-10-23)22-19(24)14-16-5-4-12-27-16/h4-7,12-13H,2-3,8-11,14H2,1H3,(H,21,25)(H,22,24). The van der Waals surface area contributed by atoms with Gasteiger partial charge in [0.25, 0.3) is 5.91 Å². The molecule has 27 heavy (non-hydrogen) atoms. The number of methoxy groups -OCH3 is 1. The third kappa shape index (κ3) is 5.30. The van der Waals surface area contributed by atoms with Crippen molar-refractivity contribution in [2.45, 2.75) is 19.3 Å². The van der Waals surface area contributed by atoms with Crippen molar-refractivity contribution in [2.24, 2.45) is 0 Å². The molecule has 0 aliphatic carbocycles. The Bertz CT molecular complexity index is 771. The highest BCUT2D eigenvalue weighted by Gasteiger charge is 2.20. The lowest BCUT2D eigenvalue weighted by molar-refractivity contribution is -0.115. The summed E-state index contributed by atoms with van der Waals surface area (Å²) in [6.07, 6.45) is 2.59. The van der Waals surface area contributed by atoms with Crippen LogP contribution in [0.3, 0.4) is 0 Å². The van der Waals surface area contributed by atoms with Crippen LogP contribution >= 0.6 is 11.3 Å². The summed E-state index contributed by atoms with van der Waals surface area (Å²) in [6.45, 7) is 2.80. The van der Waals surface area contributed by atoms with Crippen molar-refractivity contribution in [2.75, 3.05) is 43.6 Å². The molecule has 1 aromatic heterocycles. The molecule has 1 aliphatic rings. The normalized spacial score (nSPS) is 13.6. The van der Waals surface area contributed by atoms with Crippen LogP contribution in [0.1, 0.15) is 28.1 Å². The highest BCUT2D eigenvalue weighted by molar-refractivity contribution is 7.10. The Morgan fingerprint density at radius 2 is 2.04 bits per heavy atom. The number of ether oxygens (including phenoxy) is 1. The quantitative estimate of drug-likeness (QED) is 0.684. The van der Waals surface area contributed by atoms with Gasteiger partial charge >= 0.3 is 0 Å². The Kier molecular flexibility index (Phi) is 6.84. The number of benzene rings is 1. The van der Waals surface area contributed by atoms with E-state index in [4.69, 9.17) is 4.74 Å². The molecule has 0 radical (unpaired) electrons. The fourth-order valence-electron chi connectivity index (χ4n) is 3.17. The maximum atomic E-state index is 12.7. The Hall–Kier alpha value is -2.38. The van der Waals surface area contributed by atoms with Gasteiger partial charge in [-0.05, 0) is 42.5 Å². The minimum atomic E-state index is -0.150. The number of anilines is 2. The van der Waals surface area contributed by atoms with Crippen LogP contribution in [0.5, 0.6) is 0 Å². The first-order valence-corrected chi connectivity index (χ1v) is 10.0. The number of nitrogens with zero attached hydrogens (tertiary/aromatic N) is 1. The fraction of sp³-hybridized carbons (Fsp3) is 0.400. The summed E-state index contributed by atoms with van der Waals surface area (Å²) in [5, 5.41) is 7.74. The van der Waals surface area contributed by atoms with Crippen LogP contribution in [0.4, 0.5) is 11.4 Å². The van der Waals surface area contributed by atoms with Gasteiger partial charge in [-0.2, -0.15) is 0 Å². The largest absolute Gasteiger partial charge is 0.383 e. The monoisotopic (exact) mass is 387 g/mol. The number of rotatable bonds is 8. The van der Waals surface area contributed by atoms with Gasteiger partial charge in [0.2, 0.25) is 5.91 Å². The van der Waals surface area contributed by atoms with E-state index in [0.29, 0.717) is 30.8 Å². The maximum Gasteiger partial charge on any atom is 0.253 e. The lowest BCUT2D eigenvalue weighted by atomic mass is 10.1. The summed E-state index contributed by atoms with van der Waals surface area (Å²) in [4.78, 5) is 28.2. The summed E-state index contributed by atoms with van der Waals surface area (Å²) >= 11 is 1.56. The third-order valence-electron chi connectivity index (χ3n) is 4.48. The molecule has 0 unspecified atom stereocenters. The van der Waals surface area contributed by atoms with Crippen LogP contribution in [0.15, 0.2) is 35.7 Å². The first kappa shape index (κ1) is 19.4. The van der Waals surface area contributed by atoms with Gasteiger partial charge < -0.3 is 20.3 Å². The zero-order valence-electron chi connectivity index (χ0n) is 15.5. The lowest BCUT2D eigenvalue weighted by Gasteiger charge is -2.22. The molecule has 6 nitrogen and oxygen atoms in total. The molecule has 2 aromatic rings. The lowest BCUT2D eigenvalue weighted by Crippen LogP contribution is -2.30. The van der Waals surface area contributed by atoms with Crippen LogP contribution in [0, 0.1) is 0 Å². The topological polar surface area (TPSA) is 70.7 Å². The molecule has 1 aliphatic heterocycles. The van der Waals surface area contributed by atoms with Crippen molar-refractivity contribution in [3.63, 3.8) is 0 Å². The predicted octanol–water partition coefficient (Wildman–Crippen LogP) is 2.91. The molecular weight excluding hydrogens is 362 g/mol. The highest BCUT2D eigenvalue weighted by atomic mass is 32.1. The van der Waals surface area contributed by atoms with E-state index < -0.39 is 0 Å². The Labute approximate surface area is 163 Å². The number of hydrogen-bond acceptors (Lipinski definition) is 5. The van der Waals surface area contributed by atoms with Crippen LogP contribution < -0.4 is 15.5 Å². The van der Waals surface area contributed by atoms with Crippen molar-refractivity contribution in [3.05, 3.63) is 46.2 Å². The molecule has 1 aromatic carbocycles. The van der Waals surface area contributed by atoms with Gasteiger partial charge in [0.1, 0.15) is 0 Å². The summed E-state index contributed by atoms with van der Waals surface area (Å²) in [5.41, 5.74) is 2.14. The van der Waals surface area contributed by atoms with Crippen LogP contribution in [0.2, 0.25) is 0 Å². The molecule has 2 amide bonds. The van der Waals surface area contributed by atoms with Gasteiger partial charge in [-0.3, -0.25) is 9.59 Å². The molecule has 1 saturated heterocycles. The van der Waals surface area contributed by atoms with E-state index in [0.717, 1.165) is 36.5 Å². The van der Waals surface area contributed by atoms with Gasteiger partial charge in [0.05, 0.1) is 18.6 Å². The highest BCUT2D eigenvalue weighted by Crippen LogP contribution is 2.27. The predicted molar refractivity (Wildman–Crippen MR) is 109 cm³/mol. The van der Waals surface area contributed by atoms with E-state index in [1.54, 1.807) is 24.5 Å². The summed E-state index contributed by atoms with van der Waals surface area (Å²) in [6, 6.07) is 9.43. The van der Waals surface area contributed by atoms with Crippen molar-refractivity contribution < 1.29 is 14.3 Å². The molecule has 0 atom stereocenters. The zero-order valence-corrected chi connectivity index (χ0v) is 16.3. The molecule has 3 rings (SSSR count). The van der Waals surface area contributed by atoms with Crippen LogP contribution in [0.25, 0.3) is 0 Å². The molecule has 144 valence electrons. The summed E-state index contributed by atoms with van der Waals surface area (Å²) in [5.74, 6) is -0.236. The second-order valence-electron chi connectivity index (χ2n) is 6.48. The van der Waals surface area contributed by atoms with Crippen molar-refractivity contribution in [1.82, 2.24) is 5.32 Å². The van der Waals surface area contributed by atoms with E-state index in [1.165, 1.54) is 0 Å². The number of amides is 2. The average Bonchev–Trinajstić information content (AvgIpc) is 3.35. The second-order valence-corrected chi connectivity index (χ2v) is 7.51. The molecule has 0 saturated carbocycles. The van der Waals surface area contributed by atoms with E-state index in [1.807, 2.05) is 29.6 Å². The second kappa shape index (κ2) is 9.53. The zero-order chi connectivity index (χ0) is 19.1. The Balaban J connectivity index is 1.75. The summed E-state index contributed by atoms with van der Waals surface area (Å²) in [7, 11) is 1.60. The molecule has 2 N–H and O–H groups in total. The molecule has 7 heteroatoms. The number of carbonyl (C=O) groups is 2. The van der Waals surface area contributed by atoms with Crippen molar-refractivity contribution in [3.8, 4) is 0 Å². The minimum absolute atomic E-state index is 0.0860. The van der Waals surface area contributed by atoms with E-state index in [2.05, 4.69) is 15.5 Å². The molecule has 1 fully saturated rings. The first-order valence-electron chi connectivity index (χ1n) is 9.16. The number of carbonyl (C=O) groups excluding carboxylic acids is 2. The van der Waals surface area contributed by atoms with Gasteiger partial charge in [-0.1, -0.05) is 6.07 Å². The maximum absolute atomic E-state index is 12.7. The van der Waals surface area contributed by atoms with Gasteiger partial charge in [0.15, 0.2) is 0 Å². The minimum Gasteiger partial charge on any atom is -0.383 e.